The highest BCUT2D eigenvalue weighted by Gasteiger charge is 1.91. The van der Waals surface area contributed by atoms with E-state index < -0.39 is 0 Å². The van der Waals surface area contributed by atoms with E-state index >= 15 is 0 Å². The molecular weight excluding hydrogens is 238 g/mol. The van der Waals surface area contributed by atoms with E-state index in [2.05, 4.69) is 34.4 Å². The van der Waals surface area contributed by atoms with E-state index in [1.54, 1.807) is 6.08 Å². The molecule has 0 saturated heterocycles. The van der Waals surface area contributed by atoms with Gasteiger partial charge in [0.25, 0.3) is 0 Å². The van der Waals surface area contributed by atoms with Crippen LogP contribution in [0.25, 0.3) is 0 Å². The van der Waals surface area contributed by atoms with Gasteiger partial charge in [-0.25, -0.2) is 0 Å². The summed E-state index contributed by atoms with van der Waals surface area (Å²) in [6, 6.07) is 7.92. The highest BCUT2D eigenvalue weighted by atomic mass is 79.9. The van der Waals surface area contributed by atoms with Crippen molar-refractivity contribution in [3.8, 4) is 0 Å². The van der Waals surface area contributed by atoms with Gasteiger partial charge in [-0.3, -0.25) is 0 Å². The summed E-state index contributed by atoms with van der Waals surface area (Å²) in [5, 5.41) is 3.15. The fourth-order valence-electron chi connectivity index (χ4n) is 0.944. The molecule has 0 aromatic heterocycles. The lowest BCUT2D eigenvalue weighted by atomic mass is 10.3. The van der Waals surface area contributed by atoms with Crippen molar-refractivity contribution < 1.29 is 0 Å². The minimum absolute atomic E-state index is 0.840. The van der Waals surface area contributed by atoms with E-state index in [0.717, 1.165) is 15.9 Å². The molecule has 0 aliphatic rings. The number of halogens is 1. The van der Waals surface area contributed by atoms with Crippen molar-refractivity contribution in [3.63, 3.8) is 0 Å². The van der Waals surface area contributed by atoms with Gasteiger partial charge in [0.05, 0.1) is 0 Å². The van der Waals surface area contributed by atoms with Crippen LogP contribution in [-0.4, -0.2) is 0 Å². The van der Waals surface area contributed by atoms with Gasteiger partial charge in [0.2, 0.25) is 0 Å². The quantitative estimate of drug-likeness (QED) is 0.792. The molecule has 1 aromatic carbocycles. The first-order valence-corrected chi connectivity index (χ1v) is 5.02. The third-order valence-electron chi connectivity index (χ3n) is 1.58. The number of allylic oxidation sites excluding steroid dienone is 3. The van der Waals surface area contributed by atoms with E-state index in [9.17, 15) is 0 Å². The Bertz CT molecular complexity index is 349. The number of anilines is 1. The van der Waals surface area contributed by atoms with Crippen molar-refractivity contribution in [2.24, 2.45) is 0 Å². The summed E-state index contributed by atoms with van der Waals surface area (Å²) < 4.78 is 1.07. The van der Waals surface area contributed by atoms with Gasteiger partial charge in [0.15, 0.2) is 0 Å². The summed E-state index contributed by atoms with van der Waals surface area (Å²) in [5.41, 5.74) is 1.86. The molecule has 1 nitrogen and oxygen atoms in total. The Morgan fingerprint density at radius 1 is 1.29 bits per heavy atom. The van der Waals surface area contributed by atoms with Crippen LogP contribution in [0.1, 0.15) is 0 Å². The van der Waals surface area contributed by atoms with Crippen molar-refractivity contribution in [3.05, 3.63) is 65.8 Å². The average Bonchev–Trinajstić information content (AvgIpc) is 2.18. The Morgan fingerprint density at radius 3 is 2.50 bits per heavy atom. The lowest BCUT2D eigenvalue weighted by molar-refractivity contribution is 1.49. The normalized spacial score (nSPS) is 10.1. The van der Waals surface area contributed by atoms with E-state index in [1.165, 1.54) is 0 Å². The SMILES string of the molecule is C=C/C=C\C(=C)Nc1ccc(Br)cc1. The minimum Gasteiger partial charge on any atom is -0.356 e. The third-order valence-corrected chi connectivity index (χ3v) is 2.11. The summed E-state index contributed by atoms with van der Waals surface area (Å²) in [6.07, 6.45) is 5.43. The molecule has 0 fully saturated rings. The van der Waals surface area contributed by atoms with Gasteiger partial charge in [-0.15, -0.1) is 0 Å². The van der Waals surface area contributed by atoms with Gasteiger partial charge < -0.3 is 5.32 Å². The Morgan fingerprint density at radius 2 is 1.93 bits per heavy atom. The van der Waals surface area contributed by atoms with Crippen molar-refractivity contribution >= 4 is 21.6 Å². The standard InChI is InChI=1S/C12H12BrN/c1-3-4-5-10(2)14-12-8-6-11(13)7-9-12/h3-9,14H,1-2H2/b5-4-. The summed E-state index contributed by atoms with van der Waals surface area (Å²) in [4.78, 5) is 0. The first kappa shape index (κ1) is 10.8. The van der Waals surface area contributed by atoms with Crippen LogP contribution in [-0.2, 0) is 0 Å². The van der Waals surface area contributed by atoms with Crippen LogP contribution >= 0.6 is 15.9 Å². The van der Waals surface area contributed by atoms with Gasteiger partial charge >= 0.3 is 0 Å². The fraction of sp³-hybridized carbons (Fsp3) is 0. The largest absolute Gasteiger partial charge is 0.356 e. The zero-order valence-corrected chi connectivity index (χ0v) is 9.42. The first-order chi connectivity index (χ1) is 6.72. The zero-order chi connectivity index (χ0) is 10.4. The number of hydrogen-bond acceptors (Lipinski definition) is 1. The molecule has 0 aliphatic carbocycles. The number of benzene rings is 1. The highest BCUT2D eigenvalue weighted by molar-refractivity contribution is 9.10. The van der Waals surface area contributed by atoms with E-state index in [-0.39, 0.29) is 0 Å². The molecule has 0 heterocycles. The summed E-state index contributed by atoms with van der Waals surface area (Å²) in [5.74, 6) is 0. The molecule has 0 spiro atoms. The van der Waals surface area contributed by atoms with Gasteiger partial charge in [-0.05, 0) is 30.3 Å². The van der Waals surface area contributed by atoms with Crippen molar-refractivity contribution in [2.75, 3.05) is 5.32 Å². The second kappa shape index (κ2) is 5.45. The Kier molecular flexibility index (Phi) is 4.20. The van der Waals surface area contributed by atoms with E-state index in [0.29, 0.717) is 0 Å². The maximum absolute atomic E-state index is 3.85. The van der Waals surface area contributed by atoms with Crippen molar-refractivity contribution in [2.45, 2.75) is 0 Å². The van der Waals surface area contributed by atoms with E-state index in [1.807, 2.05) is 36.4 Å². The van der Waals surface area contributed by atoms with E-state index in [4.69, 9.17) is 0 Å². The van der Waals surface area contributed by atoms with Gasteiger partial charge in [0, 0.05) is 15.9 Å². The molecule has 1 aromatic rings. The number of nitrogens with one attached hydrogen (secondary N) is 1. The maximum atomic E-state index is 3.85. The zero-order valence-electron chi connectivity index (χ0n) is 7.83. The summed E-state index contributed by atoms with van der Waals surface area (Å²) in [7, 11) is 0. The molecule has 14 heavy (non-hydrogen) atoms. The minimum atomic E-state index is 0.840. The maximum Gasteiger partial charge on any atom is 0.0384 e. The second-order valence-electron chi connectivity index (χ2n) is 2.75. The Balaban J connectivity index is 2.60. The molecule has 0 atom stereocenters. The van der Waals surface area contributed by atoms with Crippen LogP contribution in [0.3, 0.4) is 0 Å². The smallest absolute Gasteiger partial charge is 0.0384 e. The second-order valence-corrected chi connectivity index (χ2v) is 3.67. The third kappa shape index (κ3) is 3.62. The highest BCUT2D eigenvalue weighted by Crippen LogP contribution is 2.15. The Labute approximate surface area is 93.0 Å². The molecule has 0 bridgehead atoms. The molecule has 72 valence electrons. The fourth-order valence-corrected chi connectivity index (χ4v) is 1.21. The van der Waals surface area contributed by atoms with Crippen LogP contribution < -0.4 is 5.32 Å². The average molecular weight is 250 g/mol. The number of rotatable bonds is 4. The van der Waals surface area contributed by atoms with Gasteiger partial charge in [-0.2, -0.15) is 0 Å². The first-order valence-electron chi connectivity index (χ1n) is 4.23. The molecule has 0 amide bonds. The Hall–Kier alpha value is -1.28. The lowest BCUT2D eigenvalue weighted by Crippen LogP contribution is -1.93. The molecular formula is C12H12BrN. The molecule has 1 rings (SSSR count). The van der Waals surface area contributed by atoms with Crippen molar-refractivity contribution in [1.82, 2.24) is 0 Å². The van der Waals surface area contributed by atoms with Gasteiger partial charge in [0.1, 0.15) is 0 Å². The lowest BCUT2D eigenvalue weighted by Gasteiger charge is -2.05. The molecule has 2 heteroatoms. The molecule has 0 unspecified atom stereocenters. The predicted molar refractivity (Wildman–Crippen MR) is 66.2 cm³/mol. The summed E-state index contributed by atoms with van der Waals surface area (Å²) in [6.45, 7) is 7.44. The van der Waals surface area contributed by atoms with Crippen molar-refractivity contribution in [1.29, 1.82) is 0 Å². The number of hydrogen-bond donors (Lipinski definition) is 1. The van der Waals surface area contributed by atoms with Crippen LogP contribution in [0, 0.1) is 0 Å². The van der Waals surface area contributed by atoms with Crippen LogP contribution in [0.2, 0.25) is 0 Å². The molecule has 0 saturated carbocycles. The molecule has 1 N–H and O–H groups in total. The summed E-state index contributed by atoms with van der Waals surface area (Å²) >= 11 is 3.38. The monoisotopic (exact) mass is 249 g/mol. The van der Waals surface area contributed by atoms with Gasteiger partial charge in [-0.1, -0.05) is 41.2 Å². The van der Waals surface area contributed by atoms with Crippen LogP contribution in [0.4, 0.5) is 5.69 Å². The molecule has 0 radical (unpaired) electrons. The topological polar surface area (TPSA) is 12.0 Å². The van der Waals surface area contributed by atoms with Crippen LogP contribution in [0.5, 0.6) is 0 Å². The predicted octanol–water partition coefficient (Wildman–Crippen LogP) is 4.12. The molecule has 0 aliphatic heterocycles. The van der Waals surface area contributed by atoms with Crippen LogP contribution in [0.15, 0.2) is 65.8 Å².